The molecule has 0 aliphatic rings. The first kappa shape index (κ1) is 23.9. The lowest BCUT2D eigenvalue weighted by Gasteiger charge is -2.03. The summed E-state index contributed by atoms with van der Waals surface area (Å²) in [6.07, 6.45) is 10.4. The van der Waals surface area contributed by atoms with E-state index in [0.717, 1.165) is 25.7 Å². The molecule has 22 heavy (non-hydrogen) atoms. The van der Waals surface area contributed by atoms with E-state index in [0.29, 0.717) is 12.8 Å². The second-order valence-electron chi connectivity index (χ2n) is 5.41. The van der Waals surface area contributed by atoms with E-state index in [1.807, 2.05) is 0 Å². The molecule has 0 aromatic heterocycles. The summed E-state index contributed by atoms with van der Waals surface area (Å²) in [6.45, 7) is 4.27. The molecular weight excluding hydrogens is 320 g/mol. The number of carboxylic acid groups (broad SMARTS) is 2. The van der Waals surface area contributed by atoms with Crippen LogP contribution in [-0.2, 0) is 9.59 Å². The molecule has 0 saturated heterocycles. The molecule has 0 saturated carbocycles. The normalized spacial score (nSPS) is 12.9. The van der Waals surface area contributed by atoms with Gasteiger partial charge < -0.3 is 10.2 Å². The Morgan fingerprint density at radius 3 is 1.27 bits per heavy atom. The molecule has 2 N–H and O–H groups in total. The number of unbranched alkanes of at least 4 members (excludes halogenated alkanes) is 6. The Kier molecular flexibility index (Phi) is 18.5. The number of hydrogen-bond acceptors (Lipinski definition) is 4. The van der Waals surface area contributed by atoms with Crippen molar-refractivity contribution in [3.8, 4) is 0 Å². The number of thiol groups is 2. The quantitative estimate of drug-likeness (QED) is 0.304. The number of hydrogen-bond donors (Lipinski definition) is 4. The first-order chi connectivity index (χ1) is 10.4. The summed E-state index contributed by atoms with van der Waals surface area (Å²) >= 11 is 7.86. The van der Waals surface area contributed by atoms with E-state index >= 15 is 0 Å². The van der Waals surface area contributed by atoms with E-state index in [1.54, 1.807) is 0 Å². The average molecular weight is 353 g/mol. The molecule has 0 bridgehead atoms. The zero-order valence-electron chi connectivity index (χ0n) is 13.8. The van der Waals surface area contributed by atoms with Gasteiger partial charge in [0.25, 0.3) is 0 Å². The molecule has 4 nitrogen and oxygen atoms in total. The smallest absolute Gasteiger partial charge is 0.316 e. The van der Waals surface area contributed by atoms with Gasteiger partial charge in [0.1, 0.15) is 0 Å². The fourth-order valence-corrected chi connectivity index (χ4v) is 2.14. The summed E-state index contributed by atoms with van der Waals surface area (Å²) in [6, 6.07) is 0. The van der Waals surface area contributed by atoms with Gasteiger partial charge in [0.2, 0.25) is 0 Å². The molecule has 0 fully saturated rings. The second-order valence-corrected chi connectivity index (χ2v) is 6.65. The van der Waals surface area contributed by atoms with Crippen LogP contribution < -0.4 is 0 Å². The van der Waals surface area contributed by atoms with Gasteiger partial charge in [-0.1, -0.05) is 65.2 Å². The van der Waals surface area contributed by atoms with Crippen LogP contribution in [0.5, 0.6) is 0 Å². The van der Waals surface area contributed by atoms with Crippen molar-refractivity contribution in [2.24, 2.45) is 0 Å². The molecule has 0 radical (unpaired) electrons. The summed E-state index contributed by atoms with van der Waals surface area (Å²) in [5.41, 5.74) is 0. The highest BCUT2D eigenvalue weighted by atomic mass is 32.1. The zero-order chi connectivity index (χ0) is 17.4. The minimum Gasteiger partial charge on any atom is -0.480 e. The van der Waals surface area contributed by atoms with Crippen LogP contribution in [0.4, 0.5) is 0 Å². The van der Waals surface area contributed by atoms with Gasteiger partial charge in [-0.2, -0.15) is 25.3 Å². The number of carboxylic acids is 2. The molecule has 2 unspecified atom stereocenters. The van der Waals surface area contributed by atoms with E-state index in [1.165, 1.54) is 25.7 Å². The van der Waals surface area contributed by atoms with Crippen LogP contribution in [0.25, 0.3) is 0 Å². The summed E-state index contributed by atoms with van der Waals surface area (Å²) in [7, 11) is 0. The number of rotatable bonds is 12. The highest BCUT2D eigenvalue weighted by Crippen LogP contribution is 2.10. The largest absolute Gasteiger partial charge is 0.480 e. The van der Waals surface area contributed by atoms with Gasteiger partial charge in [-0.25, -0.2) is 0 Å². The van der Waals surface area contributed by atoms with E-state index < -0.39 is 22.4 Å². The van der Waals surface area contributed by atoms with E-state index in [4.69, 9.17) is 10.2 Å². The Morgan fingerprint density at radius 1 is 0.727 bits per heavy atom. The molecule has 0 heterocycles. The van der Waals surface area contributed by atoms with Crippen molar-refractivity contribution in [2.45, 2.75) is 88.6 Å². The van der Waals surface area contributed by atoms with Crippen LogP contribution >= 0.6 is 25.3 Å². The molecular formula is C16H32O4S2. The van der Waals surface area contributed by atoms with Crippen molar-refractivity contribution in [2.75, 3.05) is 0 Å². The Labute approximate surface area is 145 Å². The molecule has 0 amide bonds. The monoisotopic (exact) mass is 352 g/mol. The maximum Gasteiger partial charge on any atom is 0.316 e. The summed E-state index contributed by atoms with van der Waals surface area (Å²) in [4.78, 5) is 20.6. The third-order valence-corrected chi connectivity index (χ3v) is 4.19. The molecule has 6 heteroatoms. The Balaban J connectivity index is 0. The van der Waals surface area contributed by atoms with Crippen LogP contribution in [0.1, 0.15) is 78.1 Å². The molecule has 0 aromatic rings. The predicted molar refractivity (Wildman–Crippen MR) is 98.3 cm³/mol. The standard InChI is InChI=1S/2C8H16O2S/c2*1-2-3-4-5-6-7(11)8(9)10/h2*7,11H,2-6H2,1H3,(H,9,10). The van der Waals surface area contributed by atoms with Gasteiger partial charge in [0, 0.05) is 0 Å². The average Bonchev–Trinajstić information content (AvgIpc) is 2.48. The molecule has 0 rings (SSSR count). The lowest BCUT2D eigenvalue weighted by atomic mass is 10.1. The van der Waals surface area contributed by atoms with Crippen molar-refractivity contribution in [3.05, 3.63) is 0 Å². The van der Waals surface area contributed by atoms with Crippen LogP contribution in [0.2, 0.25) is 0 Å². The lowest BCUT2D eigenvalue weighted by Crippen LogP contribution is -2.12. The topological polar surface area (TPSA) is 74.6 Å². The molecule has 0 spiro atoms. The van der Waals surface area contributed by atoms with Crippen molar-refractivity contribution in [1.82, 2.24) is 0 Å². The zero-order valence-corrected chi connectivity index (χ0v) is 15.6. The van der Waals surface area contributed by atoms with Gasteiger partial charge in [-0.3, -0.25) is 9.59 Å². The minimum atomic E-state index is -0.801. The van der Waals surface area contributed by atoms with Gasteiger partial charge in [0.15, 0.2) is 0 Å². The highest BCUT2D eigenvalue weighted by molar-refractivity contribution is 7.82. The molecule has 0 aliphatic heterocycles. The van der Waals surface area contributed by atoms with Gasteiger partial charge in [-0.15, -0.1) is 0 Å². The minimum absolute atomic E-state index is 0.466. The fourth-order valence-electron chi connectivity index (χ4n) is 1.78. The first-order valence-corrected chi connectivity index (χ1v) is 9.21. The number of carbonyl (C=O) groups is 2. The Morgan fingerprint density at radius 2 is 1.05 bits per heavy atom. The SMILES string of the molecule is CCCCCCC(S)C(=O)O.CCCCCCC(S)C(=O)O. The van der Waals surface area contributed by atoms with E-state index in [-0.39, 0.29) is 0 Å². The fraction of sp³-hybridized carbons (Fsp3) is 0.875. The van der Waals surface area contributed by atoms with Gasteiger partial charge in [-0.05, 0) is 12.8 Å². The molecule has 0 aromatic carbocycles. The Bertz CT molecular complexity index is 257. The summed E-state index contributed by atoms with van der Waals surface area (Å²) in [5, 5.41) is 16.0. The van der Waals surface area contributed by atoms with Crippen molar-refractivity contribution in [3.63, 3.8) is 0 Å². The van der Waals surface area contributed by atoms with Crippen LogP contribution in [-0.4, -0.2) is 32.7 Å². The first-order valence-electron chi connectivity index (χ1n) is 8.18. The highest BCUT2D eigenvalue weighted by Gasteiger charge is 2.10. The second kappa shape index (κ2) is 17.0. The molecule has 2 atom stereocenters. The van der Waals surface area contributed by atoms with Crippen LogP contribution in [0.15, 0.2) is 0 Å². The summed E-state index contributed by atoms with van der Waals surface area (Å²) in [5.74, 6) is -1.60. The summed E-state index contributed by atoms with van der Waals surface area (Å²) < 4.78 is 0. The van der Waals surface area contributed by atoms with Gasteiger partial charge >= 0.3 is 11.9 Å². The lowest BCUT2D eigenvalue weighted by molar-refractivity contribution is -0.137. The maximum atomic E-state index is 10.3. The predicted octanol–water partition coefficient (Wildman–Crippen LogP) is 4.68. The van der Waals surface area contributed by atoms with Crippen LogP contribution in [0.3, 0.4) is 0 Å². The third-order valence-electron chi connectivity index (χ3n) is 3.23. The third kappa shape index (κ3) is 17.7. The van der Waals surface area contributed by atoms with Gasteiger partial charge in [0.05, 0.1) is 10.5 Å². The maximum absolute atomic E-state index is 10.3. The molecule has 132 valence electrons. The van der Waals surface area contributed by atoms with E-state index in [2.05, 4.69) is 39.1 Å². The van der Waals surface area contributed by atoms with E-state index in [9.17, 15) is 9.59 Å². The van der Waals surface area contributed by atoms with Crippen LogP contribution in [0, 0.1) is 0 Å². The number of aliphatic carboxylic acids is 2. The Hall–Kier alpha value is -0.360. The molecule has 0 aliphatic carbocycles. The van der Waals surface area contributed by atoms with Crippen molar-refractivity contribution >= 4 is 37.2 Å². The van der Waals surface area contributed by atoms with Crippen molar-refractivity contribution in [1.29, 1.82) is 0 Å². The van der Waals surface area contributed by atoms with Crippen molar-refractivity contribution < 1.29 is 19.8 Å².